The normalized spacial score (nSPS) is 28.1. The standard InChI is InChI=1S/C12H16BrClN2O/c1-9(17)11-7-15(8-12(13)16(11)14)10-5-3-2-4-6-10/h2-6,9,11-12,17H,7-8H2,1H3. The van der Waals surface area contributed by atoms with Crippen LogP contribution in [0.3, 0.4) is 0 Å². The molecule has 5 heteroatoms. The summed E-state index contributed by atoms with van der Waals surface area (Å²) >= 11 is 9.72. The summed E-state index contributed by atoms with van der Waals surface area (Å²) in [5, 5.41) is 9.76. The number of anilines is 1. The lowest BCUT2D eigenvalue weighted by Gasteiger charge is -2.43. The zero-order valence-corrected chi connectivity index (χ0v) is 12.0. The van der Waals surface area contributed by atoms with Gasteiger partial charge in [0.25, 0.3) is 0 Å². The van der Waals surface area contributed by atoms with Crippen LogP contribution < -0.4 is 4.90 Å². The van der Waals surface area contributed by atoms with Crippen LogP contribution in [-0.2, 0) is 0 Å². The van der Waals surface area contributed by atoms with Gasteiger partial charge in [0.05, 0.1) is 17.1 Å². The molecule has 0 amide bonds. The highest BCUT2D eigenvalue weighted by Crippen LogP contribution is 2.27. The van der Waals surface area contributed by atoms with Gasteiger partial charge < -0.3 is 10.0 Å². The number of aliphatic hydroxyl groups excluding tert-OH is 1. The maximum Gasteiger partial charge on any atom is 0.0980 e. The summed E-state index contributed by atoms with van der Waals surface area (Å²) in [6.07, 6.45) is -0.459. The van der Waals surface area contributed by atoms with Gasteiger partial charge in [0.2, 0.25) is 0 Å². The zero-order valence-electron chi connectivity index (χ0n) is 9.63. The van der Waals surface area contributed by atoms with Gasteiger partial charge in [-0.25, -0.2) is 0 Å². The highest BCUT2D eigenvalue weighted by molar-refractivity contribution is 9.09. The van der Waals surface area contributed by atoms with E-state index in [1.807, 2.05) is 18.2 Å². The number of piperazine rings is 1. The molecule has 1 aliphatic heterocycles. The lowest BCUT2D eigenvalue weighted by Crippen LogP contribution is -2.56. The average Bonchev–Trinajstić information content (AvgIpc) is 2.33. The molecule has 94 valence electrons. The Bertz CT molecular complexity index is 363. The number of benzene rings is 1. The molecule has 0 bridgehead atoms. The molecule has 0 radical (unpaired) electrons. The highest BCUT2D eigenvalue weighted by Gasteiger charge is 2.34. The SMILES string of the molecule is CC(O)C1CN(c2ccccc2)CC(Br)N1Cl. The summed E-state index contributed by atoms with van der Waals surface area (Å²) in [5.41, 5.74) is 1.16. The molecule has 0 saturated carbocycles. The van der Waals surface area contributed by atoms with Crippen molar-refractivity contribution in [1.29, 1.82) is 0 Å². The second kappa shape index (κ2) is 5.57. The molecule has 17 heavy (non-hydrogen) atoms. The van der Waals surface area contributed by atoms with Crippen LogP contribution in [0.2, 0.25) is 0 Å². The largest absolute Gasteiger partial charge is 0.392 e. The minimum Gasteiger partial charge on any atom is -0.392 e. The van der Waals surface area contributed by atoms with Gasteiger partial charge in [0, 0.05) is 18.8 Å². The Morgan fingerprint density at radius 3 is 2.59 bits per heavy atom. The van der Waals surface area contributed by atoms with Crippen molar-refractivity contribution >= 4 is 33.4 Å². The molecule has 0 aliphatic carbocycles. The van der Waals surface area contributed by atoms with Gasteiger partial charge in [-0.2, -0.15) is 4.42 Å². The average molecular weight is 320 g/mol. The predicted molar refractivity (Wildman–Crippen MR) is 74.5 cm³/mol. The molecule has 1 aromatic rings. The van der Waals surface area contributed by atoms with Gasteiger partial charge in [0.1, 0.15) is 0 Å². The number of nitrogens with zero attached hydrogens (tertiary/aromatic N) is 2. The van der Waals surface area contributed by atoms with Crippen molar-refractivity contribution in [2.75, 3.05) is 18.0 Å². The van der Waals surface area contributed by atoms with E-state index in [0.717, 1.165) is 18.8 Å². The van der Waals surface area contributed by atoms with Crippen molar-refractivity contribution in [3.8, 4) is 0 Å². The minimum absolute atomic E-state index is 0.0396. The van der Waals surface area contributed by atoms with E-state index >= 15 is 0 Å². The van der Waals surface area contributed by atoms with Crippen molar-refractivity contribution in [2.45, 2.75) is 24.0 Å². The number of alkyl halides is 1. The van der Waals surface area contributed by atoms with E-state index < -0.39 is 6.10 Å². The van der Waals surface area contributed by atoms with Crippen LogP contribution >= 0.6 is 27.7 Å². The Labute approximate surface area is 115 Å². The summed E-state index contributed by atoms with van der Waals surface area (Å²) in [7, 11) is 0. The molecule has 1 aliphatic rings. The van der Waals surface area contributed by atoms with Gasteiger partial charge in [-0.1, -0.05) is 34.1 Å². The third-order valence-corrected chi connectivity index (χ3v) is 4.49. The first-order valence-electron chi connectivity index (χ1n) is 5.66. The fourth-order valence-electron chi connectivity index (χ4n) is 2.05. The zero-order chi connectivity index (χ0) is 12.4. The van der Waals surface area contributed by atoms with E-state index in [9.17, 15) is 5.11 Å². The van der Waals surface area contributed by atoms with E-state index in [0.29, 0.717) is 0 Å². The van der Waals surface area contributed by atoms with Crippen LogP contribution in [0.1, 0.15) is 6.92 Å². The van der Waals surface area contributed by atoms with E-state index in [1.165, 1.54) is 0 Å². The van der Waals surface area contributed by atoms with Crippen LogP contribution in [0.4, 0.5) is 5.69 Å². The van der Waals surface area contributed by atoms with Crippen LogP contribution in [0.5, 0.6) is 0 Å². The molecule has 0 spiro atoms. The number of hydrogen-bond donors (Lipinski definition) is 1. The molecule has 1 aromatic carbocycles. The molecular weight excluding hydrogens is 304 g/mol. The van der Waals surface area contributed by atoms with Crippen molar-refractivity contribution in [3.05, 3.63) is 30.3 Å². The number of aliphatic hydroxyl groups is 1. The van der Waals surface area contributed by atoms with E-state index in [1.54, 1.807) is 11.3 Å². The molecule has 3 unspecified atom stereocenters. The van der Waals surface area contributed by atoms with E-state index in [-0.39, 0.29) is 11.0 Å². The van der Waals surface area contributed by atoms with Crippen molar-refractivity contribution in [2.24, 2.45) is 0 Å². The van der Waals surface area contributed by atoms with Crippen molar-refractivity contribution < 1.29 is 5.11 Å². The molecule has 1 N–H and O–H groups in total. The van der Waals surface area contributed by atoms with E-state index in [4.69, 9.17) is 11.8 Å². The van der Waals surface area contributed by atoms with Crippen LogP contribution in [0.15, 0.2) is 30.3 Å². The Morgan fingerprint density at radius 1 is 1.35 bits per heavy atom. The van der Waals surface area contributed by atoms with Crippen molar-refractivity contribution in [3.63, 3.8) is 0 Å². The van der Waals surface area contributed by atoms with Crippen LogP contribution in [0.25, 0.3) is 0 Å². The number of para-hydroxylation sites is 1. The third kappa shape index (κ3) is 2.94. The molecule has 0 aromatic heterocycles. The third-order valence-electron chi connectivity index (χ3n) is 3.04. The first-order valence-corrected chi connectivity index (χ1v) is 6.91. The Hall–Kier alpha value is -0.290. The molecule has 1 heterocycles. The fraction of sp³-hybridized carbons (Fsp3) is 0.500. The van der Waals surface area contributed by atoms with E-state index in [2.05, 4.69) is 33.0 Å². The summed E-state index contributed by atoms with van der Waals surface area (Å²) in [6.45, 7) is 3.30. The molecular formula is C12H16BrClN2O. The summed E-state index contributed by atoms with van der Waals surface area (Å²) < 4.78 is 1.67. The molecule has 3 atom stereocenters. The van der Waals surface area contributed by atoms with Gasteiger partial charge in [0.15, 0.2) is 0 Å². The van der Waals surface area contributed by atoms with Crippen molar-refractivity contribution in [1.82, 2.24) is 4.42 Å². The second-order valence-electron chi connectivity index (χ2n) is 4.33. The Morgan fingerprint density at radius 2 is 2.00 bits per heavy atom. The molecule has 3 nitrogen and oxygen atoms in total. The topological polar surface area (TPSA) is 26.7 Å². The van der Waals surface area contributed by atoms with Gasteiger partial charge in [-0.3, -0.25) is 0 Å². The Balaban J connectivity index is 2.16. The first kappa shape index (κ1) is 13.1. The highest BCUT2D eigenvalue weighted by atomic mass is 79.9. The number of hydrogen-bond acceptors (Lipinski definition) is 3. The predicted octanol–water partition coefficient (Wildman–Crippen LogP) is 2.43. The maximum atomic E-state index is 9.76. The summed E-state index contributed by atoms with van der Waals surface area (Å²) in [5.74, 6) is 0. The smallest absolute Gasteiger partial charge is 0.0980 e. The summed E-state index contributed by atoms with van der Waals surface area (Å²) in [4.78, 5) is 2.27. The van der Waals surface area contributed by atoms with Gasteiger partial charge in [-0.15, -0.1) is 0 Å². The monoisotopic (exact) mass is 318 g/mol. The molecule has 1 saturated heterocycles. The number of halogens is 2. The van der Waals surface area contributed by atoms with Crippen LogP contribution in [0, 0.1) is 0 Å². The lowest BCUT2D eigenvalue weighted by molar-refractivity contribution is 0.0955. The second-order valence-corrected chi connectivity index (χ2v) is 5.77. The molecule has 2 rings (SSSR count). The summed E-state index contributed by atoms with van der Waals surface area (Å²) in [6, 6.07) is 10.1. The fourth-order valence-corrected chi connectivity index (χ4v) is 2.99. The first-order chi connectivity index (χ1) is 8.09. The molecule has 1 fully saturated rings. The minimum atomic E-state index is -0.459. The van der Waals surface area contributed by atoms with Gasteiger partial charge in [-0.05, 0) is 30.8 Å². The number of rotatable bonds is 2. The lowest BCUT2D eigenvalue weighted by atomic mass is 10.1. The maximum absolute atomic E-state index is 9.76. The quantitative estimate of drug-likeness (QED) is 0.515. The van der Waals surface area contributed by atoms with Crippen LogP contribution in [-0.4, -0.2) is 39.7 Å². The Kier molecular flexibility index (Phi) is 4.31. The van der Waals surface area contributed by atoms with Gasteiger partial charge >= 0.3 is 0 Å².